The largest absolute Gasteiger partial charge is 0.486 e. The second-order valence-corrected chi connectivity index (χ2v) is 7.79. The minimum absolute atomic E-state index is 0.149. The minimum Gasteiger partial charge on any atom is -0.486 e. The summed E-state index contributed by atoms with van der Waals surface area (Å²) in [4.78, 5) is 0. The van der Waals surface area contributed by atoms with Crippen LogP contribution in [0.3, 0.4) is 0 Å². The van der Waals surface area contributed by atoms with Crippen LogP contribution in [0.4, 0.5) is 0 Å². The molecule has 0 radical (unpaired) electrons. The Hall–Kier alpha value is -1.42. The van der Waals surface area contributed by atoms with Gasteiger partial charge in [-0.05, 0) is 48.6 Å². The first-order chi connectivity index (χ1) is 12.5. The molecule has 140 valence electrons. The molecule has 0 saturated carbocycles. The lowest BCUT2D eigenvalue weighted by Crippen LogP contribution is -2.33. The lowest BCUT2D eigenvalue weighted by molar-refractivity contribution is 0.00270. The van der Waals surface area contributed by atoms with Gasteiger partial charge in [0.05, 0.1) is 13.2 Å². The van der Waals surface area contributed by atoms with E-state index >= 15 is 0 Å². The minimum atomic E-state index is -0.149. The zero-order valence-electron chi connectivity index (χ0n) is 15.1. The maximum atomic E-state index is 6.17. The molecule has 1 heterocycles. The maximum Gasteiger partial charge on any atom is 0.162 e. The van der Waals surface area contributed by atoms with Crippen molar-refractivity contribution in [2.24, 2.45) is 5.92 Å². The van der Waals surface area contributed by atoms with Crippen molar-refractivity contribution in [2.45, 2.75) is 39.4 Å². The molecule has 1 atom stereocenters. The molecule has 1 aliphatic heterocycles. The van der Waals surface area contributed by atoms with Crippen LogP contribution in [0.25, 0.3) is 0 Å². The molecular formula is C21H24Cl2O3. The van der Waals surface area contributed by atoms with Gasteiger partial charge in [-0.2, -0.15) is 0 Å². The monoisotopic (exact) mass is 394 g/mol. The Kier molecular flexibility index (Phi) is 6.68. The summed E-state index contributed by atoms with van der Waals surface area (Å²) >= 11 is 12.3. The number of fused-ring (bicyclic) bond motifs is 1. The third-order valence-corrected chi connectivity index (χ3v) is 5.06. The van der Waals surface area contributed by atoms with Crippen molar-refractivity contribution in [3.8, 4) is 11.5 Å². The molecule has 0 aliphatic carbocycles. The maximum absolute atomic E-state index is 6.17. The van der Waals surface area contributed by atoms with Gasteiger partial charge in [-0.3, -0.25) is 0 Å². The van der Waals surface area contributed by atoms with Gasteiger partial charge in [0.2, 0.25) is 0 Å². The Morgan fingerprint density at radius 1 is 1.12 bits per heavy atom. The van der Waals surface area contributed by atoms with E-state index in [1.807, 2.05) is 12.1 Å². The van der Waals surface area contributed by atoms with Crippen LogP contribution in [-0.4, -0.2) is 19.3 Å². The van der Waals surface area contributed by atoms with Gasteiger partial charge in [0.1, 0.15) is 6.61 Å². The quantitative estimate of drug-likeness (QED) is 0.581. The molecule has 2 aromatic rings. The fourth-order valence-corrected chi connectivity index (χ4v) is 3.32. The molecule has 3 nitrogen and oxygen atoms in total. The Bertz CT molecular complexity index is 726. The predicted octanol–water partition coefficient (Wildman–Crippen LogP) is 5.94. The van der Waals surface area contributed by atoms with Crippen molar-refractivity contribution in [3.63, 3.8) is 0 Å². The highest BCUT2D eigenvalue weighted by Crippen LogP contribution is 2.33. The molecule has 1 aliphatic rings. The van der Waals surface area contributed by atoms with Crippen molar-refractivity contribution >= 4 is 23.2 Å². The standard InChI is InChI=1S/C21H24Cl2O3/c1-14(2)6-7-15-8-9-20-21(10-15)26-16(12-25-20)11-24-13-17-18(22)4-3-5-19(17)23/h3-5,8-10,14,16H,6-7,11-13H2,1-2H3. The summed E-state index contributed by atoms with van der Waals surface area (Å²) in [5, 5.41) is 1.22. The summed E-state index contributed by atoms with van der Waals surface area (Å²) in [6.07, 6.45) is 2.05. The van der Waals surface area contributed by atoms with Crippen LogP contribution in [-0.2, 0) is 17.8 Å². The number of hydrogen-bond acceptors (Lipinski definition) is 3. The van der Waals surface area contributed by atoms with Crippen LogP contribution in [0.5, 0.6) is 11.5 Å². The van der Waals surface area contributed by atoms with Crippen molar-refractivity contribution in [1.29, 1.82) is 0 Å². The highest BCUT2D eigenvalue weighted by atomic mass is 35.5. The van der Waals surface area contributed by atoms with E-state index in [-0.39, 0.29) is 6.10 Å². The van der Waals surface area contributed by atoms with E-state index in [2.05, 4.69) is 26.0 Å². The van der Waals surface area contributed by atoms with E-state index in [0.29, 0.717) is 35.8 Å². The van der Waals surface area contributed by atoms with E-state index in [1.165, 1.54) is 5.56 Å². The lowest BCUT2D eigenvalue weighted by atomic mass is 10.0. The van der Waals surface area contributed by atoms with Crippen LogP contribution in [0.2, 0.25) is 10.0 Å². The van der Waals surface area contributed by atoms with Crippen molar-refractivity contribution in [3.05, 3.63) is 57.6 Å². The predicted molar refractivity (Wildman–Crippen MR) is 106 cm³/mol. The summed E-state index contributed by atoms with van der Waals surface area (Å²) in [5.74, 6) is 2.27. The van der Waals surface area contributed by atoms with E-state index in [1.54, 1.807) is 12.1 Å². The lowest BCUT2D eigenvalue weighted by Gasteiger charge is -2.27. The van der Waals surface area contributed by atoms with Crippen LogP contribution >= 0.6 is 23.2 Å². The van der Waals surface area contributed by atoms with Gasteiger partial charge in [0.25, 0.3) is 0 Å². The number of aryl methyl sites for hydroxylation is 1. The number of rotatable bonds is 7. The molecule has 2 aromatic carbocycles. The first-order valence-electron chi connectivity index (χ1n) is 8.96. The fraction of sp³-hybridized carbons (Fsp3) is 0.429. The first-order valence-corrected chi connectivity index (χ1v) is 9.71. The van der Waals surface area contributed by atoms with Crippen LogP contribution in [0.1, 0.15) is 31.4 Å². The Labute approximate surface area is 165 Å². The molecule has 0 saturated heterocycles. The average Bonchev–Trinajstić information content (AvgIpc) is 2.62. The van der Waals surface area contributed by atoms with Crippen molar-refractivity contribution in [2.75, 3.05) is 13.2 Å². The molecule has 3 rings (SSSR count). The molecule has 0 amide bonds. The molecule has 0 fully saturated rings. The van der Waals surface area contributed by atoms with E-state index in [9.17, 15) is 0 Å². The van der Waals surface area contributed by atoms with Crippen LogP contribution in [0, 0.1) is 5.92 Å². The Balaban J connectivity index is 1.55. The Morgan fingerprint density at radius 3 is 2.62 bits per heavy atom. The molecular weight excluding hydrogens is 371 g/mol. The van der Waals surface area contributed by atoms with Crippen molar-refractivity contribution < 1.29 is 14.2 Å². The molecule has 1 unspecified atom stereocenters. The number of hydrogen-bond donors (Lipinski definition) is 0. The van der Waals surface area contributed by atoms with Gasteiger partial charge in [-0.15, -0.1) is 0 Å². The fourth-order valence-electron chi connectivity index (χ4n) is 2.82. The molecule has 26 heavy (non-hydrogen) atoms. The SMILES string of the molecule is CC(C)CCc1ccc2c(c1)OC(COCc1c(Cl)cccc1Cl)CO2. The van der Waals surface area contributed by atoms with Gasteiger partial charge >= 0.3 is 0 Å². The second-order valence-electron chi connectivity index (χ2n) is 6.98. The molecule has 0 N–H and O–H groups in total. The van der Waals surface area contributed by atoms with E-state index in [0.717, 1.165) is 29.9 Å². The number of halogens is 2. The average molecular weight is 395 g/mol. The summed E-state index contributed by atoms with van der Waals surface area (Å²) < 4.78 is 17.6. The third-order valence-electron chi connectivity index (χ3n) is 4.35. The highest BCUT2D eigenvalue weighted by Gasteiger charge is 2.22. The zero-order chi connectivity index (χ0) is 18.5. The van der Waals surface area contributed by atoms with E-state index < -0.39 is 0 Å². The topological polar surface area (TPSA) is 27.7 Å². The van der Waals surface area contributed by atoms with Gasteiger partial charge in [-0.1, -0.05) is 49.2 Å². The Morgan fingerprint density at radius 2 is 1.88 bits per heavy atom. The molecule has 0 bridgehead atoms. The van der Waals surface area contributed by atoms with E-state index in [4.69, 9.17) is 37.4 Å². The summed E-state index contributed by atoms with van der Waals surface area (Å²) in [5.41, 5.74) is 2.06. The zero-order valence-corrected chi connectivity index (χ0v) is 16.6. The van der Waals surface area contributed by atoms with Gasteiger partial charge < -0.3 is 14.2 Å². The molecule has 0 aromatic heterocycles. The highest BCUT2D eigenvalue weighted by molar-refractivity contribution is 6.35. The van der Waals surface area contributed by atoms with Gasteiger partial charge in [-0.25, -0.2) is 0 Å². The molecule has 0 spiro atoms. The smallest absolute Gasteiger partial charge is 0.162 e. The normalized spacial score (nSPS) is 16.1. The third kappa shape index (κ3) is 5.06. The van der Waals surface area contributed by atoms with Crippen molar-refractivity contribution in [1.82, 2.24) is 0 Å². The summed E-state index contributed by atoms with van der Waals surface area (Å²) in [6, 6.07) is 11.6. The first kappa shape index (κ1) is 19.3. The summed E-state index contributed by atoms with van der Waals surface area (Å²) in [7, 11) is 0. The number of benzene rings is 2. The summed E-state index contributed by atoms with van der Waals surface area (Å²) in [6.45, 7) is 5.69. The van der Waals surface area contributed by atoms with Gasteiger partial charge in [0, 0.05) is 15.6 Å². The van der Waals surface area contributed by atoms with Gasteiger partial charge in [0.15, 0.2) is 17.6 Å². The van der Waals surface area contributed by atoms with Crippen LogP contribution < -0.4 is 9.47 Å². The second kappa shape index (κ2) is 8.98. The number of ether oxygens (including phenoxy) is 3. The molecule has 5 heteroatoms. The van der Waals surface area contributed by atoms with Crippen LogP contribution in [0.15, 0.2) is 36.4 Å².